The van der Waals surface area contributed by atoms with E-state index in [-0.39, 0.29) is 6.04 Å². The van der Waals surface area contributed by atoms with Gasteiger partial charge in [-0.2, -0.15) is 0 Å². The van der Waals surface area contributed by atoms with Gasteiger partial charge in [0.25, 0.3) is 0 Å². The summed E-state index contributed by atoms with van der Waals surface area (Å²) in [7, 11) is 3.81. The monoisotopic (exact) mass is 274 g/mol. The summed E-state index contributed by atoms with van der Waals surface area (Å²) in [5, 5.41) is 4.01. The highest BCUT2D eigenvalue weighted by atomic mass is 16.5. The van der Waals surface area contributed by atoms with Crippen LogP contribution in [-0.2, 0) is 6.54 Å². The van der Waals surface area contributed by atoms with Gasteiger partial charge in [-0.15, -0.1) is 0 Å². The zero-order valence-electron chi connectivity index (χ0n) is 12.8. The first-order valence-corrected chi connectivity index (χ1v) is 6.79. The number of ether oxygens (including phenoxy) is 1. The Morgan fingerprint density at radius 2 is 2.00 bits per heavy atom. The summed E-state index contributed by atoms with van der Waals surface area (Å²) in [6, 6.07) is 8.38. The van der Waals surface area contributed by atoms with Gasteiger partial charge in [-0.05, 0) is 33.9 Å². The third-order valence-corrected chi connectivity index (χ3v) is 3.84. The second-order valence-electron chi connectivity index (χ2n) is 5.14. The molecule has 1 heterocycles. The SMILES string of the molecule is COc1ccccc1[C@H](C)N(C)Cc1c(C)noc1C. The molecule has 0 aliphatic rings. The molecule has 0 N–H and O–H groups in total. The van der Waals surface area contributed by atoms with Crippen LogP contribution in [0.5, 0.6) is 5.75 Å². The molecule has 0 saturated carbocycles. The van der Waals surface area contributed by atoms with Crippen LogP contribution in [0.4, 0.5) is 0 Å². The average Bonchev–Trinajstić information content (AvgIpc) is 2.78. The Morgan fingerprint density at radius 1 is 1.30 bits per heavy atom. The minimum atomic E-state index is 0.250. The molecule has 0 spiro atoms. The zero-order valence-corrected chi connectivity index (χ0v) is 12.8. The maximum atomic E-state index is 5.44. The Balaban J connectivity index is 2.18. The predicted octanol–water partition coefficient (Wildman–Crippen LogP) is 3.49. The number of benzene rings is 1. The summed E-state index contributed by atoms with van der Waals surface area (Å²) in [6.07, 6.45) is 0. The Hall–Kier alpha value is -1.81. The van der Waals surface area contributed by atoms with Gasteiger partial charge in [-0.25, -0.2) is 0 Å². The van der Waals surface area contributed by atoms with E-state index < -0.39 is 0 Å². The summed E-state index contributed by atoms with van der Waals surface area (Å²) >= 11 is 0. The number of hydrogen-bond donors (Lipinski definition) is 0. The third kappa shape index (κ3) is 2.85. The van der Waals surface area contributed by atoms with Crippen LogP contribution >= 0.6 is 0 Å². The van der Waals surface area contributed by atoms with E-state index in [2.05, 4.69) is 30.1 Å². The molecule has 4 nitrogen and oxygen atoms in total. The summed E-state index contributed by atoms with van der Waals surface area (Å²) in [5.41, 5.74) is 3.31. The van der Waals surface area contributed by atoms with Gasteiger partial charge < -0.3 is 9.26 Å². The zero-order chi connectivity index (χ0) is 14.7. The highest BCUT2D eigenvalue weighted by Gasteiger charge is 2.18. The molecule has 108 valence electrons. The van der Waals surface area contributed by atoms with Crippen LogP contribution < -0.4 is 4.74 Å². The number of hydrogen-bond acceptors (Lipinski definition) is 4. The van der Waals surface area contributed by atoms with Gasteiger partial charge in [0.05, 0.1) is 12.8 Å². The van der Waals surface area contributed by atoms with Crippen molar-refractivity contribution >= 4 is 0 Å². The third-order valence-electron chi connectivity index (χ3n) is 3.84. The first-order chi connectivity index (χ1) is 9.54. The molecule has 1 aromatic carbocycles. The van der Waals surface area contributed by atoms with Gasteiger partial charge in [0.15, 0.2) is 0 Å². The standard InChI is InChI=1S/C16H22N2O2/c1-11-15(13(3)20-17-11)10-18(4)12(2)14-8-6-7-9-16(14)19-5/h6-9,12H,10H2,1-5H3/t12-/m0/s1. The Morgan fingerprint density at radius 3 is 2.60 bits per heavy atom. The number of aryl methyl sites for hydroxylation is 2. The number of nitrogens with zero attached hydrogens (tertiary/aromatic N) is 2. The van der Waals surface area contributed by atoms with Gasteiger partial charge in [-0.3, -0.25) is 4.90 Å². The van der Waals surface area contributed by atoms with Crippen molar-refractivity contribution in [1.29, 1.82) is 0 Å². The maximum Gasteiger partial charge on any atom is 0.138 e. The van der Waals surface area contributed by atoms with Crippen molar-refractivity contribution in [3.63, 3.8) is 0 Å². The van der Waals surface area contributed by atoms with Crippen LogP contribution in [0.25, 0.3) is 0 Å². The molecule has 1 aromatic heterocycles. The second kappa shape index (κ2) is 6.09. The number of rotatable bonds is 5. The van der Waals surface area contributed by atoms with Gasteiger partial charge in [0.2, 0.25) is 0 Å². The molecule has 20 heavy (non-hydrogen) atoms. The average molecular weight is 274 g/mol. The van der Waals surface area contributed by atoms with E-state index in [0.717, 1.165) is 29.3 Å². The van der Waals surface area contributed by atoms with E-state index in [4.69, 9.17) is 9.26 Å². The molecule has 0 radical (unpaired) electrons. The number of aromatic nitrogens is 1. The van der Waals surface area contributed by atoms with Crippen LogP contribution in [0, 0.1) is 13.8 Å². The predicted molar refractivity (Wildman–Crippen MR) is 78.9 cm³/mol. The van der Waals surface area contributed by atoms with Gasteiger partial charge >= 0.3 is 0 Å². The van der Waals surface area contributed by atoms with Crippen molar-refractivity contribution in [2.45, 2.75) is 33.4 Å². The minimum Gasteiger partial charge on any atom is -0.496 e. The van der Waals surface area contributed by atoms with Gasteiger partial charge in [0.1, 0.15) is 11.5 Å². The lowest BCUT2D eigenvalue weighted by Crippen LogP contribution is -2.22. The van der Waals surface area contributed by atoms with E-state index >= 15 is 0 Å². The molecule has 2 rings (SSSR count). The van der Waals surface area contributed by atoms with E-state index in [9.17, 15) is 0 Å². The normalized spacial score (nSPS) is 12.7. The highest BCUT2D eigenvalue weighted by molar-refractivity contribution is 5.35. The molecule has 0 fully saturated rings. The van der Waals surface area contributed by atoms with Crippen LogP contribution in [-0.4, -0.2) is 24.2 Å². The Kier molecular flexibility index (Phi) is 4.45. The fraction of sp³-hybridized carbons (Fsp3) is 0.438. The molecule has 0 bridgehead atoms. The fourth-order valence-electron chi connectivity index (χ4n) is 2.36. The lowest BCUT2D eigenvalue weighted by molar-refractivity contribution is 0.245. The van der Waals surface area contributed by atoms with Crippen LogP contribution in [0.1, 0.15) is 35.5 Å². The molecule has 1 atom stereocenters. The number of methoxy groups -OCH3 is 1. The van der Waals surface area contributed by atoms with Crippen LogP contribution in [0.3, 0.4) is 0 Å². The van der Waals surface area contributed by atoms with E-state index in [1.807, 2.05) is 32.0 Å². The van der Waals surface area contributed by atoms with Gasteiger partial charge in [-0.1, -0.05) is 23.4 Å². The first-order valence-electron chi connectivity index (χ1n) is 6.79. The number of para-hydroxylation sites is 1. The van der Waals surface area contributed by atoms with Crippen LogP contribution in [0.15, 0.2) is 28.8 Å². The second-order valence-corrected chi connectivity index (χ2v) is 5.14. The molecular formula is C16H22N2O2. The summed E-state index contributed by atoms with van der Waals surface area (Å²) in [5.74, 6) is 1.81. The quantitative estimate of drug-likeness (QED) is 0.836. The molecule has 0 aliphatic heterocycles. The summed E-state index contributed by atoms with van der Waals surface area (Å²) in [4.78, 5) is 2.27. The van der Waals surface area contributed by atoms with E-state index in [1.165, 1.54) is 5.56 Å². The lowest BCUT2D eigenvalue weighted by Gasteiger charge is -2.26. The van der Waals surface area contributed by atoms with Crippen molar-refractivity contribution in [2.75, 3.05) is 14.2 Å². The molecular weight excluding hydrogens is 252 g/mol. The Bertz CT molecular complexity index is 558. The van der Waals surface area contributed by atoms with E-state index in [0.29, 0.717) is 0 Å². The first kappa shape index (κ1) is 14.6. The Labute approximate surface area is 120 Å². The van der Waals surface area contributed by atoms with Gasteiger partial charge in [0, 0.05) is 23.7 Å². The largest absolute Gasteiger partial charge is 0.496 e. The molecule has 0 aliphatic carbocycles. The van der Waals surface area contributed by atoms with Crippen molar-refractivity contribution < 1.29 is 9.26 Å². The smallest absolute Gasteiger partial charge is 0.138 e. The summed E-state index contributed by atoms with van der Waals surface area (Å²) < 4.78 is 10.7. The molecule has 0 amide bonds. The summed E-state index contributed by atoms with van der Waals surface area (Å²) in [6.45, 7) is 6.92. The maximum absolute atomic E-state index is 5.44. The van der Waals surface area contributed by atoms with Crippen molar-refractivity contribution in [2.24, 2.45) is 0 Å². The van der Waals surface area contributed by atoms with Crippen molar-refractivity contribution in [1.82, 2.24) is 10.1 Å². The van der Waals surface area contributed by atoms with Crippen molar-refractivity contribution in [3.8, 4) is 5.75 Å². The van der Waals surface area contributed by atoms with Crippen LogP contribution in [0.2, 0.25) is 0 Å². The molecule has 0 unspecified atom stereocenters. The molecule has 0 saturated heterocycles. The lowest BCUT2D eigenvalue weighted by atomic mass is 10.0. The minimum absolute atomic E-state index is 0.250. The molecule has 4 heteroatoms. The van der Waals surface area contributed by atoms with Crippen molar-refractivity contribution in [3.05, 3.63) is 46.8 Å². The van der Waals surface area contributed by atoms with E-state index in [1.54, 1.807) is 7.11 Å². The topological polar surface area (TPSA) is 38.5 Å². The highest BCUT2D eigenvalue weighted by Crippen LogP contribution is 2.29. The fourth-order valence-corrected chi connectivity index (χ4v) is 2.36. The molecule has 2 aromatic rings.